The maximum Gasteiger partial charge on any atom is 0.244 e. The molecule has 0 saturated heterocycles. The Labute approximate surface area is 174 Å². The van der Waals surface area contributed by atoms with Crippen LogP contribution in [-0.4, -0.2) is 25.3 Å². The maximum atomic E-state index is 12.2. The molecule has 0 fully saturated rings. The van der Waals surface area contributed by atoms with Crippen LogP contribution in [0.3, 0.4) is 0 Å². The Bertz CT molecular complexity index is 878. The van der Waals surface area contributed by atoms with E-state index < -0.39 is 0 Å². The Morgan fingerprint density at radius 1 is 1.25 bits per heavy atom. The molecule has 1 amide bonds. The van der Waals surface area contributed by atoms with Crippen molar-refractivity contribution in [2.24, 2.45) is 5.10 Å². The van der Waals surface area contributed by atoms with Crippen molar-refractivity contribution in [2.45, 2.75) is 27.2 Å². The summed E-state index contributed by atoms with van der Waals surface area (Å²) in [5, 5.41) is 4.06. The van der Waals surface area contributed by atoms with Gasteiger partial charge in [-0.2, -0.15) is 5.10 Å². The minimum absolute atomic E-state index is 0.168. The Morgan fingerprint density at radius 3 is 2.71 bits per heavy atom. The second-order valence-electron chi connectivity index (χ2n) is 6.26. The van der Waals surface area contributed by atoms with Crippen molar-refractivity contribution in [1.82, 2.24) is 5.43 Å². The van der Waals surface area contributed by atoms with Crippen LogP contribution in [0, 0.1) is 13.8 Å². The normalized spacial score (nSPS) is 10.7. The molecule has 0 aliphatic carbocycles. The fourth-order valence-electron chi connectivity index (χ4n) is 2.64. The Hall–Kier alpha value is -2.60. The molecule has 0 aliphatic rings. The molecule has 148 valence electrons. The predicted molar refractivity (Wildman–Crippen MR) is 116 cm³/mol. The fraction of sp³-hybridized carbons (Fsp3) is 0.273. The monoisotopic (exact) mass is 444 g/mol. The third kappa shape index (κ3) is 6.23. The summed E-state index contributed by atoms with van der Waals surface area (Å²) in [6, 6.07) is 9.70. The lowest BCUT2D eigenvalue weighted by Gasteiger charge is -2.13. The number of rotatable bonds is 9. The second-order valence-corrected chi connectivity index (χ2v) is 7.12. The third-order valence-electron chi connectivity index (χ3n) is 3.93. The van der Waals surface area contributed by atoms with Crippen molar-refractivity contribution in [1.29, 1.82) is 0 Å². The van der Waals surface area contributed by atoms with Gasteiger partial charge in [0.2, 0.25) is 5.91 Å². The van der Waals surface area contributed by atoms with Gasteiger partial charge in [-0.1, -0.05) is 36.4 Å². The number of amides is 1. The average molecular weight is 445 g/mol. The smallest absolute Gasteiger partial charge is 0.244 e. The zero-order valence-corrected chi connectivity index (χ0v) is 18.0. The van der Waals surface area contributed by atoms with E-state index in [-0.39, 0.29) is 12.3 Å². The molecule has 1 N–H and O–H groups in total. The van der Waals surface area contributed by atoms with Gasteiger partial charge in [0, 0.05) is 0 Å². The summed E-state index contributed by atoms with van der Waals surface area (Å²) in [6.07, 6.45) is 3.53. The lowest BCUT2D eigenvalue weighted by molar-refractivity contribution is -0.120. The first kappa shape index (κ1) is 21.7. The number of carbonyl (C=O) groups is 1. The predicted octanol–water partition coefficient (Wildman–Crippen LogP) is 4.72. The Morgan fingerprint density at radius 2 is 2.04 bits per heavy atom. The summed E-state index contributed by atoms with van der Waals surface area (Å²) in [7, 11) is 0. The lowest BCUT2D eigenvalue weighted by Crippen LogP contribution is -2.20. The molecule has 28 heavy (non-hydrogen) atoms. The summed E-state index contributed by atoms with van der Waals surface area (Å²) in [5.74, 6) is 1.04. The quantitative estimate of drug-likeness (QED) is 0.345. The van der Waals surface area contributed by atoms with Crippen LogP contribution in [0.4, 0.5) is 0 Å². The van der Waals surface area contributed by atoms with Gasteiger partial charge in [0.15, 0.2) is 11.5 Å². The van der Waals surface area contributed by atoms with E-state index in [4.69, 9.17) is 9.47 Å². The van der Waals surface area contributed by atoms with Crippen LogP contribution in [0.1, 0.15) is 29.2 Å². The average Bonchev–Trinajstić information content (AvgIpc) is 2.64. The fourth-order valence-corrected chi connectivity index (χ4v) is 3.22. The first-order valence-electron chi connectivity index (χ1n) is 9.02. The molecule has 0 aromatic heterocycles. The highest BCUT2D eigenvalue weighted by Gasteiger charge is 2.11. The molecule has 5 nitrogen and oxygen atoms in total. The lowest BCUT2D eigenvalue weighted by atomic mass is 10.0. The number of ether oxygens (including phenoxy) is 2. The third-order valence-corrected chi connectivity index (χ3v) is 4.52. The molecule has 0 aliphatic heterocycles. The van der Waals surface area contributed by atoms with Gasteiger partial charge in [-0.05, 0) is 65.5 Å². The molecule has 0 heterocycles. The molecule has 0 bridgehead atoms. The zero-order valence-electron chi connectivity index (χ0n) is 16.4. The van der Waals surface area contributed by atoms with Crippen LogP contribution in [0.15, 0.2) is 52.6 Å². The number of hydrazone groups is 1. The van der Waals surface area contributed by atoms with E-state index in [0.29, 0.717) is 24.7 Å². The number of hydrogen-bond donors (Lipinski definition) is 1. The summed E-state index contributed by atoms with van der Waals surface area (Å²) in [6.45, 7) is 10.5. The largest absolute Gasteiger partial charge is 0.490 e. The molecule has 0 unspecified atom stereocenters. The summed E-state index contributed by atoms with van der Waals surface area (Å²) < 4.78 is 12.0. The van der Waals surface area contributed by atoms with Gasteiger partial charge in [-0.25, -0.2) is 5.43 Å². The molecule has 2 aromatic carbocycles. The topological polar surface area (TPSA) is 59.9 Å². The number of nitrogens with one attached hydrogen (secondary N) is 1. The molecular formula is C22H25BrN2O3. The molecule has 0 saturated carbocycles. The molecule has 0 radical (unpaired) electrons. The van der Waals surface area contributed by atoms with Crippen LogP contribution in [0.25, 0.3) is 0 Å². The van der Waals surface area contributed by atoms with Crippen molar-refractivity contribution in [2.75, 3.05) is 13.2 Å². The van der Waals surface area contributed by atoms with Gasteiger partial charge in [-0.15, -0.1) is 0 Å². The molecule has 0 atom stereocenters. The standard InChI is InChI=1S/C22H25BrN2O3/c1-5-9-28-22-19(23)11-17(12-20(22)27-6-2)14-24-25-21(26)13-18-8-7-15(3)10-16(18)4/h5,7-8,10-12,14H,1,6,9,13H2,2-4H3,(H,25,26)/b24-14-. The van der Waals surface area contributed by atoms with E-state index in [1.165, 1.54) is 5.56 Å². The first-order valence-corrected chi connectivity index (χ1v) is 9.82. The molecule has 0 spiro atoms. The SMILES string of the molecule is C=CCOc1c(Br)cc(/C=N\NC(=O)Cc2ccc(C)cc2C)cc1OCC. The minimum Gasteiger partial charge on any atom is -0.490 e. The van der Waals surface area contributed by atoms with Crippen LogP contribution in [0.2, 0.25) is 0 Å². The van der Waals surface area contributed by atoms with E-state index in [1.54, 1.807) is 12.3 Å². The van der Waals surface area contributed by atoms with Crippen molar-refractivity contribution >= 4 is 28.1 Å². The highest BCUT2D eigenvalue weighted by molar-refractivity contribution is 9.10. The number of carbonyl (C=O) groups excluding carboxylic acids is 1. The Kier molecular flexibility index (Phi) is 8.26. The molecule has 2 rings (SSSR count). The van der Waals surface area contributed by atoms with Crippen molar-refractivity contribution in [3.8, 4) is 11.5 Å². The first-order chi connectivity index (χ1) is 13.4. The van der Waals surface area contributed by atoms with Gasteiger partial charge in [-0.3, -0.25) is 4.79 Å². The number of benzene rings is 2. The number of aryl methyl sites for hydroxylation is 2. The van der Waals surface area contributed by atoms with Gasteiger partial charge in [0.1, 0.15) is 6.61 Å². The van der Waals surface area contributed by atoms with Crippen molar-refractivity contribution in [3.63, 3.8) is 0 Å². The van der Waals surface area contributed by atoms with Gasteiger partial charge < -0.3 is 9.47 Å². The van der Waals surface area contributed by atoms with Gasteiger partial charge in [0.25, 0.3) is 0 Å². The second kappa shape index (κ2) is 10.7. The summed E-state index contributed by atoms with van der Waals surface area (Å²) in [4.78, 5) is 12.2. The van der Waals surface area contributed by atoms with Crippen LogP contribution >= 0.6 is 15.9 Å². The molecular weight excluding hydrogens is 420 g/mol. The number of hydrogen-bond acceptors (Lipinski definition) is 4. The van der Waals surface area contributed by atoms with E-state index in [1.807, 2.05) is 45.0 Å². The summed E-state index contributed by atoms with van der Waals surface area (Å²) in [5.41, 5.74) is 6.61. The van der Waals surface area contributed by atoms with Crippen molar-refractivity contribution in [3.05, 3.63) is 69.7 Å². The molecule has 6 heteroatoms. The van der Waals surface area contributed by atoms with E-state index >= 15 is 0 Å². The molecule has 2 aromatic rings. The van der Waals surface area contributed by atoms with Crippen LogP contribution < -0.4 is 14.9 Å². The van der Waals surface area contributed by atoms with Gasteiger partial charge >= 0.3 is 0 Å². The van der Waals surface area contributed by atoms with Crippen molar-refractivity contribution < 1.29 is 14.3 Å². The summed E-state index contributed by atoms with van der Waals surface area (Å²) >= 11 is 3.49. The van der Waals surface area contributed by atoms with Gasteiger partial charge in [0.05, 0.1) is 23.7 Å². The van der Waals surface area contributed by atoms with E-state index in [0.717, 1.165) is 21.2 Å². The minimum atomic E-state index is -0.168. The van der Waals surface area contributed by atoms with E-state index in [9.17, 15) is 4.79 Å². The highest BCUT2D eigenvalue weighted by atomic mass is 79.9. The van der Waals surface area contributed by atoms with Crippen LogP contribution in [-0.2, 0) is 11.2 Å². The maximum absolute atomic E-state index is 12.2. The van der Waals surface area contributed by atoms with Crippen LogP contribution in [0.5, 0.6) is 11.5 Å². The number of halogens is 1. The highest BCUT2D eigenvalue weighted by Crippen LogP contribution is 2.36. The Balaban J connectivity index is 2.06. The zero-order chi connectivity index (χ0) is 20.5. The number of nitrogens with zero attached hydrogens (tertiary/aromatic N) is 1. The van der Waals surface area contributed by atoms with E-state index in [2.05, 4.69) is 39.1 Å².